The molecule has 0 radical (unpaired) electrons. The molecular formula is C17H24N2O5S. The van der Waals surface area contributed by atoms with Gasteiger partial charge in [0, 0.05) is 17.0 Å². The molecule has 0 atom stereocenters. The van der Waals surface area contributed by atoms with Gasteiger partial charge >= 0.3 is 11.9 Å². The summed E-state index contributed by atoms with van der Waals surface area (Å²) in [4.78, 5) is 35.5. The van der Waals surface area contributed by atoms with E-state index in [-0.39, 0.29) is 18.2 Å². The highest BCUT2D eigenvalue weighted by Gasteiger charge is 2.19. The molecule has 1 rings (SSSR count). The largest absolute Gasteiger partial charge is 0.481 e. The molecule has 0 heterocycles. The first-order valence-corrected chi connectivity index (χ1v) is 8.83. The maximum absolute atomic E-state index is 12.5. The van der Waals surface area contributed by atoms with Crippen molar-refractivity contribution in [3.63, 3.8) is 0 Å². The Morgan fingerprint density at radius 1 is 1.20 bits per heavy atom. The molecule has 1 amide bonds. The number of ether oxygens (including phenoxy) is 1. The van der Waals surface area contributed by atoms with Crippen LogP contribution >= 0.6 is 11.8 Å². The number of thioether (sulfide) groups is 1. The van der Waals surface area contributed by atoms with Crippen molar-refractivity contribution in [3.05, 3.63) is 29.8 Å². The number of nitrogens with zero attached hydrogens (tertiary/aromatic N) is 1. The van der Waals surface area contributed by atoms with E-state index in [1.807, 2.05) is 0 Å². The molecule has 0 aliphatic carbocycles. The van der Waals surface area contributed by atoms with E-state index in [2.05, 4.69) is 5.43 Å². The number of carbonyl (C=O) groups is 3. The molecule has 0 aliphatic heterocycles. The third-order valence-electron chi connectivity index (χ3n) is 2.86. The number of carbonyl (C=O) groups excluding carboxylic acids is 2. The van der Waals surface area contributed by atoms with Crippen molar-refractivity contribution < 1.29 is 24.2 Å². The number of hydrazine groups is 1. The number of hydrogen-bond acceptors (Lipinski definition) is 6. The van der Waals surface area contributed by atoms with E-state index in [4.69, 9.17) is 9.84 Å². The van der Waals surface area contributed by atoms with E-state index in [0.29, 0.717) is 12.1 Å². The number of rotatable bonds is 8. The van der Waals surface area contributed by atoms with Crippen LogP contribution in [0.25, 0.3) is 0 Å². The van der Waals surface area contributed by atoms with Crippen LogP contribution in [0.4, 0.5) is 0 Å². The third kappa shape index (κ3) is 8.04. The number of benzene rings is 1. The molecule has 0 bridgehead atoms. The summed E-state index contributed by atoms with van der Waals surface area (Å²) in [5.41, 5.74) is 2.63. The Bertz CT molecular complexity index is 610. The fourth-order valence-corrected chi connectivity index (χ4v) is 2.48. The van der Waals surface area contributed by atoms with Crippen molar-refractivity contribution in [1.82, 2.24) is 10.4 Å². The number of hydrogen-bond donors (Lipinski definition) is 2. The summed E-state index contributed by atoms with van der Waals surface area (Å²) in [7, 11) is 0. The van der Waals surface area contributed by atoms with Crippen LogP contribution in [0.3, 0.4) is 0 Å². The fourth-order valence-electron chi connectivity index (χ4n) is 1.86. The molecular weight excluding hydrogens is 344 g/mol. The Balaban J connectivity index is 2.63. The molecule has 25 heavy (non-hydrogen) atoms. The maximum atomic E-state index is 12.5. The number of nitrogens with one attached hydrogen (secondary N) is 1. The van der Waals surface area contributed by atoms with Crippen LogP contribution in [0.2, 0.25) is 0 Å². The van der Waals surface area contributed by atoms with Gasteiger partial charge in [0.1, 0.15) is 12.1 Å². The SMILES string of the molecule is CCN(NCC(=O)OC(C)(C)C)C(=O)c1ccc(SCC(=O)O)cc1. The topological polar surface area (TPSA) is 95.9 Å². The van der Waals surface area contributed by atoms with Gasteiger partial charge in [-0.3, -0.25) is 19.4 Å². The highest BCUT2D eigenvalue weighted by atomic mass is 32.2. The van der Waals surface area contributed by atoms with E-state index in [1.165, 1.54) is 16.8 Å². The lowest BCUT2D eigenvalue weighted by molar-refractivity contribution is -0.154. The van der Waals surface area contributed by atoms with E-state index >= 15 is 0 Å². The average Bonchev–Trinajstić information content (AvgIpc) is 2.52. The normalized spacial score (nSPS) is 11.0. The number of aliphatic carboxylic acids is 1. The maximum Gasteiger partial charge on any atom is 0.322 e. The van der Waals surface area contributed by atoms with Crippen molar-refractivity contribution in [2.24, 2.45) is 0 Å². The van der Waals surface area contributed by atoms with Gasteiger partial charge in [-0.25, -0.2) is 5.43 Å². The molecule has 1 aromatic rings. The molecule has 7 nitrogen and oxygen atoms in total. The van der Waals surface area contributed by atoms with Gasteiger partial charge in [-0.15, -0.1) is 11.8 Å². The Hall–Kier alpha value is -2.06. The van der Waals surface area contributed by atoms with Gasteiger partial charge in [0.05, 0.1) is 5.75 Å². The number of esters is 1. The Morgan fingerprint density at radius 3 is 2.28 bits per heavy atom. The van der Waals surface area contributed by atoms with Crippen molar-refractivity contribution in [3.8, 4) is 0 Å². The van der Waals surface area contributed by atoms with Crippen LogP contribution in [0.1, 0.15) is 38.1 Å². The Morgan fingerprint density at radius 2 is 1.80 bits per heavy atom. The van der Waals surface area contributed by atoms with E-state index < -0.39 is 17.5 Å². The van der Waals surface area contributed by atoms with Crippen LogP contribution in [0.15, 0.2) is 29.2 Å². The first kappa shape index (κ1) is 21.0. The summed E-state index contributed by atoms with van der Waals surface area (Å²) in [5, 5.41) is 10.0. The first-order valence-electron chi connectivity index (χ1n) is 7.84. The van der Waals surface area contributed by atoms with Crippen molar-refractivity contribution in [2.75, 3.05) is 18.8 Å². The minimum absolute atomic E-state index is 0.0359. The predicted octanol–water partition coefficient (Wildman–Crippen LogP) is 2.17. The van der Waals surface area contributed by atoms with Gasteiger partial charge in [0.2, 0.25) is 0 Å². The highest BCUT2D eigenvalue weighted by molar-refractivity contribution is 8.00. The van der Waals surface area contributed by atoms with E-state index in [1.54, 1.807) is 52.0 Å². The second-order valence-corrected chi connectivity index (χ2v) is 7.23. The molecule has 8 heteroatoms. The molecule has 0 saturated heterocycles. The zero-order valence-corrected chi connectivity index (χ0v) is 15.7. The van der Waals surface area contributed by atoms with E-state index in [0.717, 1.165) is 4.90 Å². The highest BCUT2D eigenvalue weighted by Crippen LogP contribution is 2.18. The quantitative estimate of drug-likeness (QED) is 0.412. The van der Waals surface area contributed by atoms with Gasteiger partial charge in [-0.2, -0.15) is 0 Å². The summed E-state index contributed by atoms with van der Waals surface area (Å²) in [6.07, 6.45) is 0. The molecule has 2 N–H and O–H groups in total. The third-order valence-corrected chi connectivity index (χ3v) is 3.86. The number of carboxylic acid groups (broad SMARTS) is 1. The number of amides is 1. The van der Waals surface area contributed by atoms with E-state index in [9.17, 15) is 14.4 Å². The molecule has 0 saturated carbocycles. The second-order valence-electron chi connectivity index (χ2n) is 6.18. The lowest BCUT2D eigenvalue weighted by Crippen LogP contribution is -2.46. The van der Waals surface area contributed by atoms with Crippen LogP contribution in [0.5, 0.6) is 0 Å². The van der Waals surface area contributed by atoms with Gasteiger partial charge < -0.3 is 9.84 Å². The van der Waals surface area contributed by atoms with Crippen LogP contribution in [0, 0.1) is 0 Å². The van der Waals surface area contributed by atoms with Gasteiger partial charge in [-0.1, -0.05) is 0 Å². The minimum atomic E-state index is -0.895. The summed E-state index contributed by atoms with van der Waals surface area (Å²) in [6.45, 7) is 7.38. The molecule has 0 spiro atoms. The zero-order valence-electron chi connectivity index (χ0n) is 14.9. The smallest absolute Gasteiger partial charge is 0.322 e. The second kappa shape index (κ2) is 9.43. The summed E-state index contributed by atoms with van der Waals surface area (Å²) in [5.74, 6) is -1.65. The van der Waals surface area contributed by atoms with Crippen molar-refractivity contribution in [2.45, 2.75) is 38.2 Å². The first-order chi connectivity index (χ1) is 11.6. The van der Waals surface area contributed by atoms with Crippen molar-refractivity contribution >= 4 is 29.6 Å². The van der Waals surface area contributed by atoms with Gasteiger partial charge in [0.25, 0.3) is 5.91 Å². The van der Waals surface area contributed by atoms with Crippen LogP contribution < -0.4 is 5.43 Å². The Kier molecular flexibility index (Phi) is 7.92. The monoisotopic (exact) mass is 368 g/mol. The summed E-state index contributed by atoms with van der Waals surface area (Å²) in [6, 6.07) is 6.65. The molecule has 1 aromatic carbocycles. The zero-order chi connectivity index (χ0) is 19.0. The van der Waals surface area contributed by atoms with Gasteiger partial charge in [0.15, 0.2) is 0 Å². The minimum Gasteiger partial charge on any atom is -0.481 e. The molecule has 0 aromatic heterocycles. The summed E-state index contributed by atoms with van der Waals surface area (Å²) >= 11 is 1.18. The van der Waals surface area contributed by atoms with Crippen LogP contribution in [-0.2, 0) is 14.3 Å². The number of carboxylic acids is 1. The fraction of sp³-hybridized carbons (Fsp3) is 0.471. The lowest BCUT2D eigenvalue weighted by atomic mass is 10.2. The Labute approximate surface area is 151 Å². The molecule has 0 fully saturated rings. The predicted molar refractivity (Wildman–Crippen MR) is 95.4 cm³/mol. The average molecular weight is 368 g/mol. The molecule has 138 valence electrons. The standard InChI is InChI=1S/C17H24N2O5S/c1-5-19(18-10-15(22)24-17(2,3)4)16(23)12-6-8-13(9-7-12)25-11-14(20)21/h6-9,18H,5,10-11H2,1-4H3,(H,20,21). The van der Waals surface area contributed by atoms with Gasteiger partial charge in [-0.05, 0) is 52.0 Å². The molecule has 0 unspecified atom stereocenters. The summed E-state index contributed by atoms with van der Waals surface area (Å²) < 4.78 is 5.19. The molecule has 0 aliphatic rings. The van der Waals surface area contributed by atoms with Crippen molar-refractivity contribution in [1.29, 1.82) is 0 Å². The van der Waals surface area contributed by atoms with Crippen LogP contribution in [-0.4, -0.2) is 52.4 Å². The lowest BCUT2D eigenvalue weighted by Gasteiger charge is -2.24.